The van der Waals surface area contributed by atoms with Gasteiger partial charge in [0.1, 0.15) is 0 Å². The molecule has 1 amide bonds. The van der Waals surface area contributed by atoms with E-state index in [1.54, 1.807) is 14.2 Å². The Morgan fingerprint density at radius 2 is 1.77 bits per heavy atom. The molecule has 22 heavy (non-hydrogen) atoms. The van der Waals surface area contributed by atoms with Gasteiger partial charge in [0, 0.05) is 11.4 Å². The van der Waals surface area contributed by atoms with Crippen molar-refractivity contribution in [3.05, 3.63) is 54.1 Å². The summed E-state index contributed by atoms with van der Waals surface area (Å²) in [5, 5.41) is 2.85. The number of methoxy groups -OCH3 is 2. The Morgan fingerprint density at radius 1 is 1.05 bits per heavy atom. The molecule has 0 saturated heterocycles. The highest BCUT2D eigenvalue weighted by Gasteiger charge is 2.06. The minimum absolute atomic E-state index is 0.0494. The lowest BCUT2D eigenvalue weighted by Gasteiger charge is -2.10. The summed E-state index contributed by atoms with van der Waals surface area (Å²) in [7, 11) is 3.22. The minimum Gasteiger partial charge on any atom is -0.493 e. The molecule has 0 aliphatic heterocycles. The van der Waals surface area contributed by atoms with Gasteiger partial charge in [0.15, 0.2) is 11.5 Å². The maximum atomic E-state index is 11.8. The van der Waals surface area contributed by atoms with Crippen LogP contribution in [0, 0.1) is 0 Å². The summed E-state index contributed by atoms with van der Waals surface area (Å²) >= 11 is 1.20. The zero-order chi connectivity index (χ0) is 15.8. The predicted molar refractivity (Wildman–Crippen MR) is 88.9 cm³/mol. The first-order valence-corrected chi connectivity index (χ1v) is 7.76. The fourth-order valence-corrected chi connectivity index (χ4v) is 2.66. The summed E-state index contributed by atoms with van der Waals surface area (Å²) in [5.74, 6) is 1.40. The summed E-state index contributed by atoms with van der Waals surface area (Å²) in [6, 6.07) is 15.4. The highest BCUT2D eigenvalue weighted by Crippen LogP contribution is 2.27. The smallest absolute Gasteiger partial charge is 0.283 e. The Morgan fingerprint density at radius 3 is 2.45 bits per heavy atom. The van der Waals surface area contributed by atoms with E-state index in [0.717, 1.165) is 16.9 Å². The molecular formula is C17H19NO3S. The van der Waals surface area contributed by atoms with Gasteiger partial charge in [-0.05, 0) is 48.0 Å². The van der Waals surface area contributed by atoms with Crippen LogP contribution in [-0.4, -0.2) is 26.0 Å². The monoisotopic (exact) mass is 317 g/mol. The SMILES string of the molecule is COc1ccc(CCNC(=O)Sc2ccccc2)cc1OC. The lowest BCUT2D eigenvalue weighted by Crippen LogP contribution is -2.21. The Hall–Kier alpha value is -2.14. The van der Waals surface area contributed by atoms with Crippen molar-refractivity contribution < 1.29 is 14.3 Å². The van der Waals surface area contributed by atoms with E-state index in [2.05, 4.69) is 5.32 Å². The number of thioether (sulfide) groups is 1. The molecule has 0 spiro atoms. The molecule has 0 saturated carbocycles. The van der Waals surface area contributed by atoms with Crippen LogP contribution in [0.5, 0.6) is 11.5 Å². The second kappa shape index (κ2) is 8.34. The first kappa shape index (κ1) is 16.2. The number of carbonyl (C=O) groups is 1. The molecule has 4 nitrogen and oxygen atoms in total. The van der Waals surface area contributed by atoms with Crippen molar-refractivity contribution in [1.29, 1.82) is 0 Å². The van der Waals surface area contributed by atoms with Gasteiger partial charge in [0.25, 0.3) is 5.24 Å². The molecular weight excluding hydrogens is 298 g/mol. The van der Waals surface area contributed by atoms with E-state index in [9.17, 15) is 4.79 Å². The van der Waals surface area contributed by atoms with Crippen molar-refractivity contribution in [3.8, 4) is 11.5 Å². The summed E-state index contributed by atoms with van der Waals surface area (Å²) < 4.78 is 10.5. The normalized spacial score (nSPS) is 10.1. The molecule has 0 heterocycles. The third-order valence-electron chi connectivity index (χ3n) is 3.08. The van der Waals surface area contributed by atoms with Crippen LogP contribution < -0.4 is 14.8 Å². The van der Waals surface area contributed by atoms with Crippen LogP contribution in [0.25, 0.3) is 0 Å². The Labute approximate surface area is 134 Å². The van der Waals surface area contributed by atoms with Crippen molar-refractivity contribution >= 4 is 17.0 Å². The van der Waals surface area contributed by atoms with Gasteiger partial charge in [0.05, 0.1) is 14.2 Å². The number of rotatable bonds is 6. The van der Waals surface area contributed by atoms with E-state index >= 15 is 0 Å². The Balaban J connectivity index is 1.82. The van der Waals surface area contributed by atoms with Crippen molar-refractivity contribution in [2.75, 3.05) is 20.8 Å². The summed E-state index contributed by atoms with van der Waals surface area (Å²) in [6.45, 7) is 0.578. The quantitative estimate of drug-likeness (QED) is 0.824. The summed E-state index contributed by atoms with van der Waals surface area (Å²) in [4.78, 5) is 12.8. The average molecular weight is 317 g/mol. The van der Waals surface area contributed by atoms with Crippen LogP contribution >= 0.6 is 11.8 Å². The molecule has 0 unspecified atom stereocenters. The van der Waals surface area contributed by atoms with Gasteiger partial charge in [-0.1, -0.05) is 24.3 Å². The first-order valence-electron chi connectivity index (χ1n) is 6.94. The number of hydrogen-bond acceptors (Lipinski definition) is 4. The summed E-state index contributed by atoms with van der Waals surface area (Å²) in [5.41, 5.74) is 1.09. The maximum Gasteiger partial charge on any atom is 0.283 e. The molecule has 116 valence electrons. The molecule has 0 aromatic heterocycles. The third-order valence-corrected chi connectivity index (χ3v) is 3.92. The van der Waals surface area contributed by atoms with Crippen LogP contribution in [0.2, 0.25) is 0 Å². The second-order valence-corrected chi connectivity index (χ2v) is 5.62. The number of ether oxygens (including phenoxy) is 2. The molecule has 0 fully saturated rings. The van der Waals surface area contributed by atoms with Crippen LogP contribution in [0.1, 0.15) is 5.56 Å². The van der Waals surface area contributed by atoms with E-state index in [1.165, 1.54) is 11.8 Å². The fraction of sp³-hybridized carbons (Fsp3) is 0.235. The molecule has 0 atom stereocenters. The van der Waals surface area contributed by atoms with Gasteiger partial charge >= 0.3 is 0 Å². The Kier molecular flexibility index (Phi) is 6.15. The molecule has 1 N–H and O–H groups in total. The van der Waals surface area contributed by atoms with Crippen LogP contribution in [0.15, 0.2) is 53.4 Å². The fourth-order valence-electron chi connectivity index (χ4n) is 1.98. The molecule has 0 bridgehead atoms. The van der Waals surface area contributed by atoms with Gasteiger partial charge in [-0.25, -0.2) is 0 Å². The van der Waals surface area contributed by atoms with E-state index in [0.29, 0.717) is 18.0 Å². The van der Waals surface area contributed by atoms with Gasteiger partial charge < -0.3 is 14.8 Å². The minimum atomic E-state index is -0.0494. The standard InChI is InChI=1S/C17H19NO3S/c1-20-15-9-8-13(12-16(15)21-2)10-11-18-17(19)22-14-6-4-3-5-7-14/h3-9,12H,10-11H2,1-2H3,(H,18,19). The summed E-state index contributed by atoms with van der Waals surface area (Å²) in [6.07, 6.45) is 0.738. The third kappa shape index (κ3) is 4.70. The zero-order valence-electron chi connectivity index (χ0n) is 12.7. The lowest BCUT2D eigenvalue weighted by atomic mass is 10.1. The maximum absolute atomic E-state index is 11.8. The van der Waals surface area contributed by atoms with Crippen molar-refractivity contribution in [3.63, 3.8) is 0 Å². The van der Waals surface area contributed by atoms with E-state index in [4.69, 9.17) is 9.47 Å². The number of nitrogens with one attached hydrogen (secondary N) is 1. The number of benzene rings is 2. The molecule has 2 aromatic rings. The Bertz CT molecular complexity index is 617. The second-order valence-electron chi connectivity index (χ2n) is 4.57. The van der Waals surface area contributed by atoms with Crippen molar-refractivity contribution in [2.24, 2.45) is 0 Å². The van der Waals surface area contributed by atoms with E-state index in [-0.39, 0.29) is 5.24 Å². The van der Waals surface area contributed by atoms with Crippen LogP contribution in [0.3, 0.4) is 0 Å². The number of carbonyl (C=O) groups excluding carboxylic acids is 1. The van der Waals surface area contributed by atoms with E-state index in [1.807, 2.05) is 48.5 Å². The lowest BCUT2D eigenvalue weighted by molar-refractivity contribution is 0.261. The molecule has 2 rings (SSSR count). The van der Waals surface area contributed by atoms with Crippen LogP contribution in [-0.2, 0) is 6.42 Å². The van der Waals surface area contributed by atoms with Crippen molar-refractivity contribution in [1.82, 2.24) is 5.32 Å². The number of amides is 1. The topological polar surface area (TPSA) is 47.6 Å². The molecule has 0 aliphatic carbocycles. The zero-order valence-corrected chi connectivity index (χ0v) is 13.5. The van der Waals surface area contributed by atoms with E-state index < -0.39 is 0 Å². The van der Waals surface area contributed by atoms with Crippen molar-refractivity contribution in [2.45, 2.75) is 11.3 Å². The van der Waals surface area contributed by atoms with Gasteiger partial charge in [-0.15, -0.1) is 0 Å². The highest BCUT2D eigenvalue weighted by molar-refractivity contribution is 8.13. The molecule has 5 heteroatoms. The van der Waals surface area contributed by atoms with Gasteiger partial charge in [-0.3, -0.25) is 4.79 Å². The average Bonchev–Trinajstić information content (AvgIpc) is 2.55. The van der Waals surface area contributed by atoms with Crippen LogP contribution in [0.4, 0.5) is 4.79 Å². The molecule has 0 aliphatic rings. The predicted octanol–water partition coefficient (Wildman–Crippen LogP) is 3.75. The largest absolute Gasteiger partial charge is 0.493 e. The first-order chi connectivity index (χ1) is 10.7. The number of hydrogen-bond donors (Lipinski definition) is 1. The molecule has 0 radical (unpaired) electrons. The van der Waals surface area contributed by atoms with Gasteiger partial charge in [-0.2, -0.15) is 0 Å². The van der Waals surface area contributed by atoms with Gasteiger partial charge in [0.2, 0.25) is 0 Å². The highest BCUT2D eigenvalue weighted by atomic mass is 32.2. The molecule has 2 aromatic carbocycles.